The topological polar surface area (TPSA) is 60.9 Å². The Labute approximate surface area is 189 Å². The molecular formula is C26H22F2N2O3. The summed E-state index contributed by atoms with van der Waals surface area (Å²) in [4.78, 5) is 28.7. The van der Waals surface area contributed by atoms with E-state index in [0.29, 0.717) is 0 Å². The molecule has 2 aliphatic heterocycles. The van der Waals surface area contributed by atoms with Crippen LogP contribution in [0, 0.1) is 11.6 Å². The number of amides is 2. The summed E-state index contributed by atoms with van der Waals surface area (Å²) in [7, 11) is 0. The lowest BCUT2D eigenvalue weighted by Gasteiger charge is -2.58. The van der Waals surface area contributed by atoms with Crippen molar-refractivity contribution in [1.29, 1.82) is 0 Å². The van der Waals surface area contributed by atoms with E-state index >= 15 is 0 Å². The smallest absolute Gasteiger partial charge is 0.257 e. The van der Waals surface area contributed by atoms with Crippen molar-refractivity contribution in [3.63, 3.8) is 0 Å². The highest BCUT2D eigenvalue weighted by Crippen LogP contribution is 2.43. The maximum atomic E-state index is 14.1. The molecule has 3 aromatic carbocycles. The number of hydrogen-bond acceptors (Lipinski definition) is 3. The Morgan fingerprint density at radius 1 is 0.939 bits per heavy atom. The Hall–Kier alpha value is -3.58. The van der Waals surface area contributed by atoms with Crippen LogP contribution < -0.4 is 0 Å². The first-order valence-corrected chi connectivity index (χ1v) is 10.8. The van der Waals surface area contributed by atoms with Crippen LogP contribution in [0.5, 0.6) is 0 Å². The monoisotopic (exact) mass is 448 g/mol. The van der Waals surface area contributed by atoms with Gasteiger partial charge in [-0.3, -0.25) is 9.59 Å². The van der Waals surface area contributed by atoms with Crippen molar-refractivity contribution in [2.45, 2.75) is 18.0 Å². The zero-order chi connectivity index (χ0) is 23.1. The zero-order valence-corrected chi connectivity index (χ0v) is 17.7. The average Bonchev–Trinajstić information content (AvgIpc) is 2.81. The highest BCUT2D eigenvalue weighted by atomic mass is 19.1. The van der Waals surface area contributed by atoms with E-state index in [1.165, 1.54) is 35.2 Å². The van der Waals surface area contributed by atoms with E-state index in [0.717, 1.165) is 16.7 Å². The van der Waals surface area contributed by atoms with Crippen LogP contribution in [-0.2, 0) is 4.79 Å². The number of benzene rings is 3. The van der Waals surface area contributed by atoms with Crippen LogP contribution in [0.2, 0.25) is 0 Å². The number of carbonyl (C=O) groups is 2. The number of fused-ring (bicyclic) bond motifs is 1. The second kappa shape index (κ2) is 8.41. The van der Waals surface area contributed by atoms with Crippen LogP contribution in [0.25, 0.3) is 11.1 Å². The standard InChI is InChI=1S/C26H22F2N2O3/c27-19-11-9-17(10-12-19)16-5-7-18(8-6-16)25-22-13-29(14-24(32)30(22)23(25)15-31)26(33)20-3-1-2-4-21(20)28/h1-12,22-23,25,31H,13-15H2/t22-,23+,25+/m0/s1. The summed E-state index contributed by atoms with van der Waals surface area (Å²) in [6.07, 6.45) is 0. The summed E-state index contributed by atoms with van der Waals surface area (Å²) in [5.41, 5.74) is 2.68. The van der Waals surface area contributed by atoms with Crippen molar-refractivity contribution in [1.82, 2.24) is 9.80 Å². The number of piperazine rings is 1. The number of rotatable bonds is 4. The molecule has 0 saturated carbocycles. The molecule has 3 aromatic rings. The Morgan fingerprint density at radius 2 is 1.58 bits per heavy atom. The number of carbonyl (C=O) groups excluding carboxylic acids is 2. The van der Waals surface area contributed by atoms with Gasteiger partial charge in [0.1, 0.15) is 18.2 Å². The van der Waals surface area contributed by atoms with E-state index < -0.39 is 11.7 Å². The number of halogens is 2. The molecule has 5 nitrogen and oxygen atoms in total. The lowest BCUT2D eigenvalue weighted by atomic mass is 9.73. The van der Waals surface area contributed by atoms with E-state index in [1.807, 2.05) is 24.3 Å². The van der Waals surface area contributed by atoms with E-state index in [9.17, 15) is 23.5 Å². The molecule has 2 aliphatic rings. The molecule has 0 radical (unpaired) electrons. The molecule has 3 atom stereocenters. The summed E-state index contributed by atoms with van der Waals surface area (Å²) >= 11 is 0. The van der Waals surface area contributed by atoms with Crippen LogP contribution in [0.1, 0.15) is 21.8 Å². The Balaban J connectivity index is 1.39. The summed E-state index contributed by atoms with van der Waals surface area (Å²) in [6.45, 7) is -0.0654. The molecule has 0 aliphatic carbocycles. The van der Waals surface area contributed by atoms with Gasteiger partial charge in [-0.25, -0.2) is 8.78 Å². The Bertz CT molecular complexity index is 1200. The van der Waals surface area contributed by atoms with Gasteiger partial charge in [0.25, 0.3) is 5.91 Å². The van der Waals surface area contributed by atoms with Gasteiger partial charge in [0, 0.05) is 12.5 Å². The fourth-order valence-corrected chi connectivity index (χ4v) is 5.00. The molecule has 7 heteroatoms. The fourth-order valence-electron chi connectivity index (χ4n) is 5.00. The van der Waals surface area contributed by atoms with Crippen LogP contribution in [-0.4, -0.2) is 58.5 Å². The van der Waals surface area contributed by atoms with Gasteiger partial charge in [0.2, 0.25) is 5.91 Å². The third-order valence-electron chi connectivity index (χ3n) is 6.62. The molecule has 0 spiro atoms. The van der Waals surface area contributed by atoms with E-state index in [2.05, 4.69) is 0 Å². The molecule has 2 saturated heterocycles. The van der Waals surface area contributed by atoms with Crippen molar-refractivity contribution < 1.29 is 23.5 Å². The van der Waals surface area contributed by atoms with Crippen LogP contribution in [0.15, 0.2) is 72.8 Å². The van der Waals surface area contributed by atoms with Crippen LogP contribution in [0.3, 0.4) is 0 Å². The first kappa shape index (κ1) is 21.3. The van der Waals surface area contributed by atoms with Gasteiger partial charge in [-0.2, -0.15) is 0 Å². The zero-order valence-electron chi connectivity index (χ0n) is 17.7. The van der Waals surface area contributed by atoms with Crippen LogP contribution in [0.4, 0.5) is 8.78 Å². The minimum absolute atomic E-state index is 0.0583. The molecule has 2 heterocycles. The van der Waals surface area contributed by atoms with Gasteiger partial charge in [-0.05, 0) is 41.0 Å². The lowest BCUT2D eigenvalue weighted by molar-refractivity contribution is -0.159. The summed E-state index contributed by atoms with van der Waals surface area (Å²) in [5.74, 6) is -1.84. The molecule has 1 N–H and O–H groups in total. The highest BCUT2D eigenvalue weighted by molar-refractivity contribution is 5.97. The van der Waals surface area contributed by atoms with Crippen molar-refractivity contribution in [3.8, 4) is 11.1 Å². The van der Waals surface area contributed by atoms with Gasteiger partial charge in [0.15, 0.2) is 0 Å². The predicted octanol–water partition coefficient (Wildman–Crippen LogP) is 3.44. The lowest BCUT2D eigenvalue weighted by Crippen LogP contribution is -2.73. The minimum Gasteiger partial charge on any atom is -0.394 e. The molecule has 2 fully saturated rings. The van der Waals surface area contributed by atoms with Gasteiger partial charge < -0.3 is 14.9 Å². The van der Waals surface area contributed by atoms with E-state index in [4.69, 9.17) is 0 Å². The number of aliphatic hydroxyl groups is 1. The molecule has 168 valence electrons. The Morgan fingerprint density at radius 3 is 2.21 bits per heavy atom. The van der Waals surface area contributed by atoms with Gasteiger partial charge in [0.05, 0.1) is 24.3 Å². The average molecular weight is 448 g/mol. The van der Waals surface area contributed by atoms with Gasteiger partial charge >= 0.3 is 0 Å². The van der Waals surface area contributed by atoms with Gasteiger partial charge in [-0.15, -0.1) is 0 Å². The highest BCUT2D eigenvalue weighted by Gasteiger charge is 2.54. The molecule has 5 rings (SSSR count). The van der Waals surface area contributed by atoms with Crippen molar-refractivity contribution in [3.05, 3.63) is 95.6 Å². The third kappa shape index (κ3) is 3.68. The summed E-state index contributed by atoms with van der Waals surface area (Å²) in [5, 5.41) is 9.96. The normalized spacial score (nSPS) is 22.0. The fraction of sp³-hybridized carbons (Fsp3) is 0.231. The van der Waals surface area contributed by atoms with E-state index in [1.54, 1.807) is 23.1 Å². The predicted molar refractivity (Wildman–Crippen MR) is 118 cm³/mol. The first-order valence-electron chi connectivity index (χ1n) is 10.8. The summed E-state index contributed by atoms with van der Waals surface area (Å²) in [6, 6.07) is 19.0. The second-order valence-corrected chi connectivity index (χ2v) is 8.44. The molecule has 0 bridgehead atoms. The molecule has 0 unspecified atom stereocenters. The van der Waals surface area contributed by atoms with Gasteiger partial charge in [-0.1, -0.05) is 48.5 Å². The number of hydrogen-bond donors (Lipinski definition) is 1. The maximum absolute atomic E-state index is 14.1. The Kier molecular flexibility index (Phi) is 5.42. The minimum atomic E-state index is -0.618. The maximum Gasteiger partial charge on any atom is 0.257 e. The number of aliphatic hydroxyl groups excluding tert-OH is 1. The molecule has 33 heavy (non-hydrogen) atoms. The largest absolute Gasteiger partial charge is 0.394 e. The SMILES string of the molecule is O=C(c1ccccc1F)N1CC(=O)N2[C@H](CO)[C@H](c3ccc(-c4ccc(F)cc4)cc3)[C@@H]2C1. The molecule has 2 amide bonds. The van der Waals surface area contributed by atoms with E-state index in [-0.39, 0.29) is 55.0 Å². The van der Waals surface area contributed by atoms with Crippen molar-refractivity contribution in [2.24, 2.45) is 0 Å². The van der Waals surface area contributed by atoms with Crippen molar-refractivity contribution in [2.75, 3.05) is 19.7 Å². The molecule has 0 aromatic heterocycles. The summed E-state index contributed by atoms with van der Waals surface area (Å²) < 4.78 is 27.4. The third-order valence-corrected chi connectivity index (χ3v) is 6.62. The molecular weight excluding hydrogens is 426 g/mol. The quantitative estimate of drug-likeness (QED) is 0.665. The second-order valence-electron chi connectivity index (χ2n) is 8.44. The van der Waals surface area contributed by atoms with Crippen LogP contribution >= 0.6 is 0 Å². The first-order chi connectivity index (χ1) is 16.0. The number of nitrogens with zero attached hydrogens (tertiary/aromatic N) is 2. The van der Waals surface area contributed by atoms with Crippen molar-refractivity contribution >= 4 is 11.8 Å².